The lowest BCUT2D eigenvalue weighted by atomic mass is 10.2. The van der Waals surface area contributed by atoms with Crippen LogP contribution >= 0.6 is 23.1 Å². The molecule has 0 bridgehead atoms. The summed E-state index contributed by atoms with van der Waals surface area (Å²) in [6.07, 6.45) is 1.97. The van der Waals surface area contributed by atoms with E-state index < -0.39 is 11.6 Å². The van der Waals surface area contributed by atoms with E-state index in [-0.39, 0.29) is 11.6 Å². The molecule has 118 valence electrons. The molecule has 0 spiro atoms. The molecular weight excluding hydrogens is 338 g/mol. The van der Waals surface area contributed by atoms with Crippen molar-refractivity contribution in [1.29, 1.82) is 0 Å². The quantitative estimate of drug-likeness (QED) is 0.518. The fourth-order valence-corrected chi connectivity index (χ4v) is 4.21. The van der Waals surface area contributed by atoms with Crippen molar-refractivity contribution >= 4 is 33.3 Å². The molecule has 0 aliphatic heterocycles. The first kappa shape index (κ1) is 14.8. The predicted octanol–water partition coefficient (Wildman–Crippen LogP) is 4.36. The summed E-state index contributed by atoms with van der Waals surface area (Å²) in [5, 5.41) is 2.51. The minimum absolute atomic E-state index is 0.000265. The summed E-state index contributed by atoms with van der Waals surface area (Å²) >= 11 is 2.79. The number of aromatic nitrogens is 2. The predicted molar refractivity (Wildman–Crippen MR) is 88.1 cm³/mol. The van der Waals surface area contributed by atoms with E-state index in [1.807, 2.05) is 11.4 Å². The summed E-state index contributed by atoms with van der Waals surface area (Å²) in [5.74, 6) is -1.28. The van der Waals surface area contributed by atoms with Gasteiger partial charge in [0.25, 0.3) is 5.56 Å². The zero-order valence-electron chi connectivity index (χ0n) is 12.0. The Morgan fingerprint density at radius 3 is 2.83 bits per heavy atom. The number of thiophene rings is 1. The second-order valence-electron chi connectivity index (χ2n) is 5.47. The van der Waals surface area contributed by atoms with Crippen LogP contribution in [0.1, 0.15) is 24.4 Å². The van der Waals surface area contributed by atoms with Gasteiger partial charge in [-0.1, -0.05) is 17.8 Å². The van der Waals surface area contributed by atoms with Gasteiger partial charge in [-0.05, 0) is 42.0 Å². The van der Waals surface area contributed by atoms with E-state index in [1.54, 1.807) is 10.6 Å². The highest BCUT2D eigenvalue weighted by Crippen LogP contribution is 2.37. The molecule has 0 N–H and O–H groups in total. The van der Waals surface area contributed by atoms with Crippen molar-refractivity contribution in [3.05, 3.63) is 57.2 Å². The maximum Gasteiger partial charge on any atom is 0.272 e. The molecule has 3 nitrogen and oxygen atoms in total. The Hall–Kier alpha value is -1.73. The van der Waals surface area contributed by atoms with Gasteiger partial charge in [0.2, 0.25) is 0 Å². The molecule has 0 unspecified atom stereocenters. The normalized spacial score (nSPS) is 14.5. The first-order valence-electron chi connectivity index (χ1n) is 7.20. The monoisotopic (exact) mass is 350 g/mol. The fourth-order valence-electron chi connectivity index (χ4n) is 2.44. The van der Waals surface area contributed by atoms with Crippen molar-refractivity contribution in [2.24, 2.45) is 0 Å². The Labute approximate surface area is 139 Å². The highest BCUT2D eigenvalue weighted by atomic mass is 32.2. The van der Waals surface area contributed by atoms with Crippen LogP contribution in [0.15, 0.2) is 39.6 Å². The van der Waals surface area contributed by atoms with Crippen LogP contribution in [0.5, 0.6) is 0 Å². The second-order valence-corrected chi connectivity index (χ2v) is 7.33. The molecule has 23 heavy (non-hydrogen) atoms. The Bertz CT molecular complexity index is 947. The van der Waals surface area contributed by atoms with E-state index in [9.17, 15) is 13.6 Å². The van der Waals surface area contributed by atoms with Crippen LogP contribution in [0.3, 0.4) is 0 Å². The third-order valence-electron chi connectivity index (χ3n) is 3.74. The van der Waals surface area contributed by atoms with Crippen molar-refractivity contribution in [3.63, 3.8) is 0 Å². The van der Waals surface area contributed by atoms with E-state index >= 15 is 0 Å². The molecule has 7 heteroatoms. The smallest absolute Gasteiger partial charge is 0.272 e. The van der Waals surface area contributed by atoms with Crippen LogP contribution < -0.4 is 5.56 Å². The summed E-state index contributed by atoms with van der Waals surface area (Å²) in [6.45, 7) is 0. The van der Waals surface area contributed by atoms with Gasteiger partial charge in [0.1, 0.15) is 4.70 Å². The molecular formula is C16H12F2N2OS2. The molecule has 2 aromatic heterocycles. The van der Waals surface area contributed by atoms with E-state index in [0.717, 1.165) is 18.9 Å². The number of thioether (sulfide) groups is 1. The minimum Gasteiger partial charge on any atom is -0.283 e. The Morgan fingerprint density at radius 1 is 1.26 bits per heavy atom. The minimum atomic E-state index is -0.857. The summed E-state index contributed by atoms with van der Waals surface area (Å²) < 4.78 is 28.7. The molecule has 3 aromatic rings. The summed E-state index contributed by atoms with van der Waals surface area (Å²) in [6, 6.07) is 5.91. The van der Waals surface area contributed by atoms with Crippen molar-refractivity contribution < 1.29 is 8.78 Å². The summed E-state index contributed by atoms with van der Waals surface area (Å²) in [7, 11) is 0. The lowest BCUT2D eigenvalue weighted by Gasteiger charge is -2.11. The van der Waals surface area contributed by atoms with Crippen molar-refractivity contribution in [2.45, 2.75) is 29.8 Å². The molecule has 0 saturated heterocycles. The molecule has 1 fully saturated rings. The number of fused-ring (bicyclic) bond motifs is 1. The maximum absolute atomic E-state index is 13.3. The molecule has 0 amide bonds. The van der Waals surface area contributed by atoms with Gasteiger partial charge < -0.3 is 0 Å². The molecule has 1 aliphatic carbocycles. The van der Waals surface area contributed by atoms with Gasteiger partial charge in [0, 0.05) is 11.8 Å². The standard InChI is InChI=1S/C16H12F2N2OS2/c17-11-4-1-9(7-12(11)18)8-23-16-19-13-5-6-22-14(13)15(21)20(16)10-2-3-10/h1,4-7,10H,2-3,8H2. The number of hydrogen-bond acceptors (Lipinski definition) is 4. The molecule has 1 saturated carbocycles. The number of halogens is 2. The van der Waals surface area contributed by atoms with Gasteiger partial charge >= 0.3 is 0 Å². The van der Waals surface area contributed by atoms with E-state index in [2.05, 4.69) is 4.98 Å². The van der Waals surface area contributed by atoms with Gasteiger partial charge in [0.05, 0.1) is 5.52 Å². The highest BCUT2D eigenvalue weighted by molar-refractivity contribution is 7.98. The Morgan fingerprint density at radius 2 is 2.09 bits per heavy atom. The SMILES string of the molecule is O=c1c2sccc2nc(SCc2ccc(F)c(F)c2)n1C1CC1. The molecule has 0 radical (unpaired) electrons. The van der Waals surface area contributed by atoms with Crippen LogP contribution in [0.25, 0.3) is 10.2 Å². The molecule has 1 aliphatic rings. The topological polar surface area (TPSA) is 34.9 Å². The van der Waals surface area contributed by atoms with Crippen molar-refractivity contribution in [3.8, 4) is 0 Å². The molecule has 1 aromatic carbocycles. The third kappa shape index (κ3) is 2.79. The maximum atomic E-state index is 13.3. The number of benzene rings is 1. The summed E-state index contributed by atoms with van der Waals surface area (Å²) in [5.41, 5.74) is 1.36. The van der Waals surface area contributed by atoms with Crippen LogP contribution in [0, 0.1) is 11.6 Å². The molecule has 4 rings (SSSR count). The lowest BCUT2D eigenvalue weighted by molar-refractivity contribution is 0.507. The number of nitrogens with zero attached hydrogens (tertiary/aromatic N) is 2. The van der Waals surface area contributed by atoms with Crippen LogP contribution in [-0.2, 0) is 5.75 Å². The molecule has 0 atom stereocenters. The van der Waals surface area contributed by atoms with Crippen LogP contribution in [0.2, 0.25) is 0 Å². The summed E-state index contributed by atoms with van der Waals surface area (Å²) in [4.78, 5) is 17.2. The van der Waals surface area contributed by atoms with E-state index in [0.29, 0.717) is 26.7 Å². The van der Waals surface area contributed by atoms with E-state index in [1.165, 1.54) is 29.2 Å². The third-order valence-corrected chi connectivity index (χ3v) is 5.66. The van der Waals surface area contributed by atoms with Gasteiger partial charge in [-0.3, -0.25) is 9.36 Å². The zero-order valence-corrected chi connectivity index (χ0v) is 13.6. The Kier molecular flexibility index (Phi) is 3.69. The average Bonchev–Trinajstić information content (AvgIpc) is 3.25. The number of hydrogen-bond donors (Lipinski definition) is 0. The van der Waals surface area contributed by atoms with Gasteiger partial charge in [0.15, 0.2) is 16.8 Å². The van der Waals surface area contributed by atoms with Gasteiger partial charge in [-0.2, -0.15) is 0 Å². The first-order chi connectivity index (χ1) is 11.1. The van der Waals surface area contributed by atoms with Crippen molar-refractivity contribution in [2.75, 3.05) is 0 Å². The first-order valence-corrected chi connectivity index (χ1v) is 9.06. The zero-order chi connectivity index (χ0) is 16.0. The van der Waals surface area contributed by atoms with E-state index in [4.69, 9.17) is 0 Å². The van der Waals surface area contributed by atoms with Gasteiger partial charge in [-0.25, -0.2) is 13.8 Å². The van der Waals surface area contributed by atoms with Crippen LogP contribution in [0.4, 0.5) is 8.78 Å². The largest absolute Gasteiger partial charge is 0.283 e. The lowest BCUT2D eigenvalue weighted by Crippen LogP contribution is -2.21. The average molecular weight is 350 g/mol. The number of rotatable bonds is 4. The second kappa shape index (κ2) is 5.72. The molecule has 2 heterocycles. The highest BCUT2D eigenvalue weighted by Gasteiger charge is 2.28. The van der Waals surface area contributed by atoms with Crippen molar-refractivity contribution in [1.82, 2.24) is 9.55 Å². The Balaban J connectivity index is 1.69. The van der Waals surface area contributed by atoms with Crippen LogP contribution in [-0.4, -0.2) is 9.55 Å². The van der Waals surface area contributed by atoms with Gasteiger partial charge in [-0.15, -0.1) is 11.3 Å². The fraction of sp³-hybridized carbons (Fsp3) is 0.250.